The lowest BCUT2D eigenvalue weighted by molar-refractivity contribution is -0.130. The van der Waals surface area contributed by atoms with Crippen molar-refractivity contribution in [3.8, 4) is 0 Å². The third-order valence-electron chi connectivity index (χ3n) is 3.91. The number of carbonyl (C=O) groups excluding carboxylic acids is 1. The summed E-state index contributed by atoms with van der Waals surface area (Å²) in [6, 6.07) is 4.61. The SMILES string of the molecule is CSC1CCC(N2C(=O)CNC2c2cccs2)C1. The summed E-state index contributed by atoms with van der Waals surface area (Å²) in [4.78, 5) is 15.5. The van der Waals surface area contributed by atoms with Crippen LogP contribution in [0.25, 0.3) is 0 Å². The molecule has 3 nitrogen and oxygen atoms in total. The number of thiophene rings is 1. The van der Waals surface area contributed by atoms with E-state index in [0.29, 0.717) is 12.6 Å². The Morgan fingerprint density at radius 2 is 2.39 bits per heavy atom. The average molecular weight is 282 g/mol. The highest BCUT2D eigenvalue weighted by atomic mass is 32.2. The zero-order valence-corrected chi connectivity index (χ0v) is 12.1. The van der Waals surface area contributed by atoms with E-state index >= 15 is 0 Å². The van der Waals surface area contributed by atoms with Gasteiger partial charge in [0, 0.05) is 16.2 Å². The van der Waals surface area contributed by atoms with Crippen molar-refractivity contribution in [2.24, 2.45) is 0 Å². The van der Waals surface area contributed by atoms with Gasteiger partial charge < -0.3 is 4.90 Å². The maximum absolute atomic E-state index is 12.1. The highest BCUT2D eigenvalue weighted by Crippen LogP contribution is 2.37. The van der Waals surface area contributed by atoms with Gasteiger partial charge in [0.15, 0.2) is 0 Å². The van der Waals surface area contributed by atoms with Gasteiger partial charge in [-0.3, -0.25) is 10.1 Å². The lowest BCUT2D eigenvalue weighted by Gasteiger charge is -2.29. The van der Waals surface area contributed by atoms with Crippen LogP contribution in [0.3, 0.4) is 0 Å². The molecule has 1 aliphatic carbocycles. The highest BCUT2D eigenvalue weighted by molar-refractivity contribution is 7.99. The first-order chi connectivity index (χ1) is 8.79. The van der Waals surface area contributed by atoms with Crippen LogP contribution in [-0.4, -0.2) is 34.9 Å². The van der Waals surface area contributed by atoms with Gasteiger partial charge >= 0.3 is 0 Å². The topological polar surface area (TPSA) is 32.3 Å². The largest absolute Gasteiger partial charge is 0.318 e. The van der Waals surface area contributed by atoms with Gasteiger partial charge in [0.2, 0.25) is 5.91 Å². The molecule has 0 radical (unpaired) electrons. The zero-order chi connectivity index (χ0) is 12.5. The zero-order valence-electron chi connectivity index (χ0n) is 10.5. The first kappa shape index (κ1) is 12.5. The molecule has 2 fully saturated rings. The Morgan fingerprint density at radius 1 is 1.50 bits per heavy atom. The van der Waals surface area contributed by atoms with Crippen LogP contribution in [-0.2, 0) is 4.79 Å². The van der Waals surface area contributed by atoms with Gasteiger partial charge in [-0.15, -0.1) is 11.3 Å². The summed E-state index contributed by atoms with van der Waals surface area (Å²) in [5.74, 6) is 0.264. The van der Waals surface area contributed by atoms with Crippen LogP contribution >= 0.6 is 23.1 Å². The molecule has 18 heavy (non-hydrogen) atoms. The van der Waals surface area contributed by atoms with E-state index in [1.165, 1.54) is 11.3 Å². The molecule has 1 aromatic heterocycles. The number of amides is 1. The predicted octanol–water partition coefficient (Wildman–Crippen LogP) is 2.46. The fraction of sp³-hybridized carbons (Fsp3) is 0.615. The number of thioether (sulfide) groups is 1. The summed E-state index contributed by atoms with van der Waals surface area (Å²) in [5, 5.41) is 6.16. The summed E-state index contributed by atoms with van der Waals surface area (Å²) in [7, 11) is 0. The second-order valence-electron chi connectivity index (χ2n) is 4.92. The van der Waals surface area contributed by atoms with Crippen molar-refractivity contribution in [2.75, 3.05) is 12.8 Å². The van der Waals surface area contributed by atoms with Gasteiger partial charge in [-0.1, -0.05) is 6.07 Å². The minimum atomic E-state index is 0.114. The van der Waals surface area contributed by atoms with Gasteiger partial charge in [0.25, 0.3) is 0 Å². The van der Waals surface area contributed by atoms with Crippen LogP contribution in [0.2, 0.25) is 0 Å². The fourth-order valence-corrected chi connectivity index (χ4v) is 4.58. The molecule has 3 unspecified atom stereocenters. The highest BCUT2D eigenvalue weighted by Gasteiger charge is 2.40. The van der Waals surface area contributed by atoms with E-state index in [2.05, 4.69) is 34.0 Å². The number of hydrogen-bond acceptors (Lipinski definition) is 4. The van der Waals surface area contributed by atoms with Crippen LogP contribution in [0.4, 0.5) is 0 Å². The molecular weight excluding hydrogens is 264 g/mol. The molecule has 98 valence electrons. The van der Waals surface area contributed by atoms with Gasteiger partial charge in [0.1, 0.15) is 6.17 Å². The molecule has 3 rings (SSSR count). The van der Waals surface area contributed by atoms with Crippen LogP contribution in [0.15, 0.2) is 17.5 Å². The monoisotopic (exact) mass is 282 g/mol. The number of hydrogen-bond donors (Lipinski definition) is 1. The molecule has 2 heterocycles. The van der Waals surface area contributed by atoms with E-state index in [1.807, 2.05) is 11.8 Å². The van der Waals surface area contributed by atoms with Crippen LogP contribution in [0.1, 0.15) is 30.3 Å². The van der Waals surface area contributed by atoms with Gasteiger partial charge in [-0.25, -0.2) is 0 Å². The Bertz CT molecular complexity index is 421. The smallest absolute Gasteiger partial charge is 0.238 e. The molecule has 2 aliphatic rings. The van der Waals surface area contributed by atoms with Crippen LogP contribution < -0.4 is 5.32 Å². The minimum Gasteiger partial charge on any atom is -0.318 e. The van der Waals surface area contributed by atoms with E-state index in [0.717, 1.165) is 18.1 Å². The first-order valence-corrected chi connectivity index (χ1v) is 8.57. The van der Waals surface area contributed by atoms with Crippen molar-refractivity contribution in [3.63, 3.8) is 0 Å². The summed E-state index contributed by atoms with van der Waals surface area (Å²) in [6.07, 6.45) is 5.83. The summed E-state index contributed by atoms with van der Waals surface area (Å²) >= 11 is 3.67. The van der Waals surface area contributed by atoms with Gasteiger partial charge in [0.05, 0.1) is 6.54 Å². The van der Waals surface area contributed by atoms with Crippen molar-refractivity contribution in [1.82, 2.24) is 10.2 Å². The second-order valence-corrected chi connectivity index (χ2v) is 7.04. The molecule has 0 aromatic carbocycles. The average Bonchev–Trinajstić information content (AvgIpc) is 3.07. The minimum absolute atomic E-state index is 0.114. The summed E-state index contributed by atoms with van der Waals surface area (Å²) in [6.45, 7) is 0.489. The molecule has 3 atom stereocenters. The molecule has 0 spiro atoms. The molecule has 1 aliphatic heterocycles. The molecular formula is C13H18N2OS2. The predicted molar refractivity (Wildman–Crippen MR) is 76.9 cm³/mol. The maximum Gasteiger partial charge on any atom is 0.238 e. The maximum atomic E-state index is 12.1. The van der Waals surface area contributed by atoms with E-state index in [9.17, 15) is 4.79 Å². The van der Waals surface area contributed by atoms with Crippen molar-refractivity contribution in [1.29, 1.82) is 0 Å². The van der Waals surface area contributed by atoms with Crippen molar-refractivity contribution < 1.29 is 4.79 Å². The Balaban J connectivity index is 1.78. The van der Waals surface area contributed by atoms with E-state index in [1.54, 1.807) is 11.3 Å². The second kappa shape index (κ2) is 5.23. The van der Waals surface area contributed by atoms with E-state index in [-0.39, 0.29) is 12.1 Å². The number of rotatable bonds is 3. The third-order valence-corrected chi connectivity index (χ3v) is 5.93. The molecule has 1 N–H and O–H groups in total. The van der Waals surface area contributed by atoms with E-state index < -0.39 is 0 Å². The molecule has 1 aromatic rings. The number of nitrogens with zero attached hydrogens (tertiary/aromatic N) is 1. The van der Waals surface area contributed by atoms with Gasteiger partial charge in [-0.05, 0) is 37.0 Å². The Hall–Kier alpha value is -0.520. The third kappa shape index (κ3) is 2.19. The van der Waals surface area contributed by atoms with Crippen molar-refractivity contribution in [2.45, 2.75) is 36.7 Å². The van der Waals surface area contributed by atoms with Crippen molar-refractivity contribution >= 4 is 29.0 Å². The molecule has 1 amide bonds. The van der Waals surface area contributed by atoms with Crippen LogP contribution in [0.5, 0.6) is 0 Å². The van der Waals surface area contributed by atoms with Crippen LogP contribution in [0, 0.1) is 0 Å². The molecule has 0 bridgehead atoms. The molecule has 1 saturated heterocycles. The Labute approximate surface area is 116 Å². The molecule has 1 saturated carbocycles. The fourth-order valence-electron chi connectivity index (χ4n) is 3.00. The lowest BCUT2D eigenvalue weighted by atomic mass is 10.2. The van der Waals surface area contributed by atoms with Crippen molar-refractivity contribution in [3.05, 3.63) is 22.4 Å². The lowest BCUT2D eigenvalue weighted by Crippen LogP contribution is -2.38. The van der Waals surface area contributed by atoms with E-state index in [4.69, 9.17) is 0 Å². The Morgan fingerprint density at radius 3 is 3.06 bits per heavy atom. The Kier molecular flexibility index (Phi) is 3.63. The quantitative estimate of drug-likeness (QED) is 0.924. The number of nitrogens with one attached hydrogen (secondary N) is 1. The normalized spacial score (nSPS) is 32.4. The first-order valence-electron chi connectivity index (χ1n) is 6.40. The molecule has 5 heteroatoms. The number of carbonyl (C=O) groups is 1. The van der Waals surface area contributed by atoms with Gasteiger partial charge in [-0.2, -0.15) is 11.8 Å². The standard InChI is InChI=1S/C13H18N2OS2/c1-17-10-5-4-9(7-10)15-12(16)8-14-13(15)11-3-2-6-18-11/h2-3,6,9-10,13-14H,4-5,7-8H2,1H3. The summed E-state index contributed by atoms with van der Waals surface area (Å²) < 4.78 is 0. The summed E-state index contributed by atoms with van der Waals surface area (Å²) in [5.41, 5.74) is 0.